The molecular weight excluding hydrogens is 404 g/mol. The molecule has 2 aliphatic heterocycles. The summed E-state index contributed by atoms with van der Waals surface area (Å²) in [6.45, 7) is 17.6. The Bertz CT molecular complexity index is 637. The first-order chi connectivity index (χ1) is 14.5. The highest BCUT2D eigenvalue weighted by Crippen LogP contribution is 2.40. The van der Waals surface area contributed by atoms with Gasteiger partial charge in [-0.15, -0.1) is 0 Å². The highest BCUT2D eigenvalue weighted by Gasteiger charge is 2.45. The molecule has 0 aliphatic carbocycles. The lowest BCUT2D eigenvalue weighted by molar-refractivity contribution is -0.162. The molecule has 0 aromatic rings. The molecule has 0 aromatic carbocycles. The van der Waals surface area contributed by atoms with Crippen LogP contribution < -0.4 is 10.6 Å². The molecule has 6 nitrogen and oxygen atoms in total. The fourth-order valence-corrected chi connectivity index (χ4v) is 6.61. The van der Waals surface area contributed by atoms with Crippen molar-refractivity contribution in [3.63, 3.8) is 0 Å². The summed E-state index contributed by atoms with van der Waals surface area (Å²) < 4.78 is 6.22. The Labute approximate surface area is 195 Å². The van der Waals surface area contributed by atoms with Gasteiger partial charge in [0, 0.05) is 41.4 Å². The van der Waals surface area contributed by atoms with E-state index in [1.807, 2.05) is 0 Å². The number of carbonyl (C=O) groups excluding carboxylic acids is 1. The zero-order valence-corrected chi connectivity index (χ0v) is 21.8. The monoisotopic (exact) mass is 452 g/mol. The van der Waals surface area contributed by atoms with Crippen LogP contribution in [0.25, 0.3) is 0 Å². The van der Waals surface area contributed by atoms with Crippen molar-refractivity contribution in [1.82, 2.24) is 10.6 Å². The van der Waals surface area contributed by atoms with Gasteiger partial charge in [0.2, 0.25) is 0 Å². The van der Waals surface area contributed by atoms with Crippen LogP contribution in [0.4, 0.5) is 0 Å². The molecule has 0 radical (unpaired) electrons. The van der Waals surface area contributed by atoms with Crippen LogP contribution in [0.3, 0.4) is 0 Å². The Morgan fingerprint density at radius 3 is 1.75 bits per heavy atom. The number of carboxylic acids is 1. The molecule has 186 valence electrons. The van der Waals surface area contributed by atoms with Crippen LogP contribution in [-0.4, -0.2) is 45.3 Å². The van der Waals surface area contributed by atoms with E-state index in [1.54, 1.807) is 0 Å². The molecule has 2 saturated heterocycles. The summed E-state index contributed by atoms with van der Waals surface area (Å²) in [5, 5.41) is 16.3. The van der Waals surface area contributed by atoms with Gasteiger partial charge < -0.3 is 20.5 Å². The Kier molecular flexibility index (Phi) is 8.47. The molecule has 2 fully saturated rings. The van der Waals surface area contributed by atoms with Gasteiger partial charge in [-0.2, -0.15) is 0 Å². The van der Waals surface area contributed by atoms with Crippen molar-refractivity contribution in [2.75, 3.05) is 0 Å². The van der Waals surface area contributed by atoms with Crippen molar-refractivity contribution in [1.29, 1.82) is 0 Å². The largest absolute Gasteiger partial charge is 0.481 e. The zero-order chi connectivity index (χ0) is 24.4. The topological polar surface area (TPSA) is 87.7 Å². The Hall–Kier alpha value is -1.14. The third-order valence-electron chi connectivity index (χ3n) is 6.93. The fourth-order valence-electron chi connectivity index (χ4n) is 6.61. The minimum atomic E-state index is -0.751. The molecule has 0 aromatic heterocycles. The van der Waals surface area contributed by atoms with Crippen LogP contribution in [0.15, 0.2) is 0 Å². The third kappa shape index (κ3) is 8.66. The van der Waals surface area contributed by atoms with Gasteiger partial charge in [-0.25, -0.2) is 0 Å². The summed E-state index contributed by atoms with van der Waals surface area (Å²) in [5.74, 6) is -0.684. The maximum atomic E-state index is 13.6. The molecule has 1 unspecified atom stereocenters. The van der Waals surface area contributed by atoms with E-state index in [0.717, 1.165) is 44.9 Å². The SMILES string of the molecule is CC1(C)CC(OC(=O)C(CCCCCC(=O)O)C2CC(C)(C)NC(C)(C)C2)CC(C)(C)N1. The van der Waals surface area contributed by atoms with Crippen molar-refractivity contribution >= 4 is 11.9 Å². The van der Waals surface area contributed by atoms with E-state index in [1.165, 1.54) is 0 Å². The first-order valence-electron chi connectivity index (χ1n) is 12.5. The van der Waals surface area contributed by atoms with Gasteiger partial charge in [-0.3, -0.25) is 9.59 Å². The molecule has 0 saturated carbocycles. The maximum Gasteiger partial charge on any atom is 0.309 e. The molecule has 6 heteroatoms. The summed E-state index contributed by atoms with van der Waals surface area (Å²) in [5.41, 5.74) is -0.213. The summed E-state index contributed by atoms with van der Waals surface area (Å²) in [6.07, 6.45) is 6.76. The second-order valence-electron chi connectivity index (χ2n) is 13.0. The predicted molar refractivity (Wildman–Crippen MR) is 129 cm³/mol. The van der Waals surface area contributed by atoms with Crippen molar-refractivity contribution in [3.8, 4) is 0 Å². The molecule has 0 spiro atoms. The van der Waals surface area contributed by atoms with Crippen LogP contribution in [-0.2, 0) is 14.3 Å². The lowest BCUT2D eigenvalue weighted by Gasteiger charge is -2.49. The van der Waals surface area contributed by atoms with Gasteiger partial charge in [-0.1, -0.05) is 12.8 Å². The summed E-state index contributed by atoms with van der Waals surface area (Å²) in [4.78, 5) is 24.4. The highest BCUT2D eigenvalue weighted by atomic mass is 16.5. The number of nitrogens with one attached hydrogen (secondary N) is 2. The molecule has 0 amide bonds. The highest BCUT2D eigenvalue weighted by molar-refractivity contribution is 5.73. The standard InChI is InChI=1S/C26H48N2O4/c1-23(2)14-18(15-24(3,4)27-23)20(12-10-9-11-13-21(29)30)22(31)32-19-16-25(5,6)28-26(7,8)17-19/h18-20,27-28H,9-17H2,1-8H3,(H,29,30). The van der Waals surface area contributed by atoms with Crippen LogP contribution in [0.5, 0.6) is 0 Å². The lowest BCUT2D eigenvalue weighted by atomic mass is 9.69. The van der Waals surface area contributed by atoms with E-state index in [0.29, 0.717) is 6.42 Å². The van der Waals surface area contributed by atoms with Crippen molar-refractivity contribution in [3.05, 3.63) is 0 Å². The molecular formula is C26H48N2O4. The fraction of sp³-hybridized carbons (Fsp3) is 0.923. The quantitative estimate of drug-likeness (QED) is 0.335. The number of carboxylic acid groups (broad SMARTS) is 1. The van der Waals surface area contributed by atoms with Gasteiger partial charge >= 0.3 is 11.9 Å². The Morgan fingerprint density at radius 2 is 1.28 bits per heavy atom. The minimum absolute atomic E-state index is 0.0347. The van der Waals surface area contributed by atoms with Gasteiger partial charge in [0.15, 0.2) is 0 Å². The normalized spacial score (nSPS) is 25.8. The summed E-state index contributed by atoms with van der Waals surface area (Å²) in [7, 11) is 0. The molecule has 0 bridgehead atoms. The van der Waals surface area contributed by atoms with Crippen molar-refractivity contribution in [2.24, 2.45) is 11.8 Å². The molecule has 1 atom stereocenters. The van der Waals surface area contributed by atoms with Crippen LogP contribution in [0, 0.1) is 11.8 Å². The smallest absolute Gasteiger partial charge is 0.309 e. The van der Waals surface area contributed by atoms with Gasteiger partial charge in [0.1, 0.15) is 6.10 Å². The summed E-state index contributed by atoms with van der Waals surface area (Å²) >= 11 is 0. The van der Waals surface area contributed by atoms with Gasteiger partial charge in [-0.05, 0) is 87.0 Å². The second kappa shape index (κ2) is 10.0. The molecule has 32 heavy (non-hydrogen) atoms. The molecule has 2 rings (SSSR count). The molecule has 2 aliphatic rings. The number of piperidine rings is 2. The average molecular weight is 453 g/mol. The van der Waals surface area contributed by atoms with E-state index in [-0.39, 0.29) is 52.5 Å². The average Bonchev–Trinajstić information content (AvgIpc) is 2.51. The summed E-state index contributed by atoms with van der Waals surface area (Å²) in [6, 6.07) is 0. The number of hydrogen-bond donors (Lipinski definition) is 3. The first-order valence-corrected chi connectivity index (χ1v) is 12.5. The number of ether oxygens (including phenoxy) is 1. The van der Waals surface area contributed by atoms with Crippen molar-refractivity contribution < 1.29 is 19.4 Å². The Balaban J connectivity index is 2.12. The number of carbonyl (C=O) groups is 2. The first kappa shape index (κ1) is 27.1. The number of unbranched alkanes of at least 4 members (excludes halogenated alkanes) is 2. The Morgan fingerprint density at radius 1 is 0.812 bits per heavy atom. The number of hydrogen-bond acceptors (Lipinski definition) is 5. The van der Waals surface area contributed by atoms with E-state index in [2.05, 4.69) is 66.0 Å². The number of esters is 1. The molecule has 3 N–H and O–H groups in total. The van der Waals surface area contributed by atoms with E-state index in [9.17, 15) is 9.59 Å². The van der Waals surface area contributed by atoms with Crippen molar-refractivity contribution in [2.45, 2.75) is 141 Å². The maximum absolute atomic E-state index is 13.6. The second-order valence-corrected chi connectivity index (χ2v) is 13.0. The predicted octanol–water partition coefficient (Wildman–Crippen LogP) is 5.05. The molecule has 2 heterocycles. The minimum Gasteiger partial charge on any atom is -0.481 e. The third-order valence-corrected chi connectivity index (χ3v) is 6.93. The van der Waals surface area contributed by atoms with Gasteiger partial charge in [0.25, 0.3) is 0 Å². The van der Waals surface area contributed by atoms with E-state index in [4.69, 9.17) is 9.84 Å². The van der Waals surface area contributed by atoms with Crippen LogP contribution in [0.1, 0.15) is 113 Å². The van der Waals surface area contributed by atoms with E-state index >= 15 is 0 Å². The number of aliphatic carboxylic acids is 1. The lowest BCUT2D eigenvalue weighted by Crippen LogP contribution is -2.60. The van der Waals surface area contributed by atoms with Crippen LogP contribution >= 0.6 is 0 Å². The van der Waals surface area contributed by atoms with Crippen LogP contribution in [0.2, 0.25) is 0 Å². The van der Waals surface area contributed by atoms with E-state index < -0.39 is 5.97 Å². The van der Waals surface area contributed by atoms with Gasteiger partial charge in [0.05, 0.1) is 5.92 Å². The number of rotatable bonds is 9. The zero-order valence-electron chi connectivity index (χ0n) is 21.8.